The Morgan fingerprint density at radius 3 is 2.62 bits per heavy atom. The molecule has 0 aromatic heterocycles. The third-order valence-corrected chi connectivity index (χ3v) is 4.73. The molecule has 1 rings (SSSR count). The Hall–Kier alpha value is 0.640. The van der Waals surface area contributed by atoms with E-state index >= 15 is 0 Å². The molecule has 1 aliphatic rings. The van der Waals surface area contributed by atoms with Crippen molar-refractivity contribution in [3.8, 4) is 0 Å². The fourth-order valence-corrected chi connectivity index (χ4v) is 2.73. The van der Waals surface area contributed by atoms with Crippen LogP contribution in [0.3, 0.4) is 0 Å². The molecule has 0 atom stereocenters. The van der Waals surface area contributed by atoms with Crippen LogP contribution in [0.4, 0.5) is 0 Å². The molecule has 0 saturated heterocycles. The summed E-state index contributed by atoms with van der Waals surface area (Å²) in [7, 11) is 0. The van der Waals surface area contributed by atoms with Gasteiger partial charge in [-0.25, -0.2) is 0 Å². The minimum atomic E-state index is -0.221. The van der Waals surface area contributed by atoms with Gasteiger partial charge < -0.3 is 0 Å². The van der Waals surface area contributed by atoms with Crippen LogP contribution in [0, 0.1) is 0 Å². The molecule has 0 aromatic rings. The quantitative estimate of drug-likeness (QED) is 0.652. The Morgan fingerprint density at radius 1 is 1.62 bits per heavy atom. The molecule has 44 valence electrons. The second-order valence-electron chi connectivity index (χ2n) is 1.57. The maximum atomic E-state index is 2.39. The number of hydrogen-bond acceptors (Lipinski definition) is 0. The Labute approximate surface area is 67.8 Å². The van der Waals surface area contributed by atoms with Crippen LogP contribution in [0.5, 0.6) is 0 Å². The third kappa shape index (κ3) is 2.27. The summed E-state index contributed by atoms with van der Waals surface area (Å²) in [6, 6.07) is 0. The zero-order chi connectivity index (χ0) is 5.11. The van der Waals surface area contributed by atoms with Crippen molar-refractivity contribution in [2.45, 2.75) is 11.1 Å². The fraction of sp³-hybridized carbons (Fsp3) is 0.333. The van der Waals surface area contributed by atoms with Gasteiger partial charge in [-0.1, -0.05) is 0 Å². The van der Waals surface area contributed by atoms with Gasteiger partial charge in [0.15, 0.2) is 0 Å². The average molecular weight is 295 g/mol. The van der Waals surface area contributed by atoms with Crippen LogP contribution in [0.1, 0.15) is 6.42 Å². The van der Waals surface area contributed by atoms with Gasteiger partial charge in [-0.05, 0) is 0 Å². The molecule has 8 heavy (non-hydrogen) atoms. The van der Waals surface area contributed by atoms with Crippen LogP contribution in [0.2, 0.25) is 4.68 Å². The van der Waals surface area contributed by atoms with Crippen LogP contribution >= 0.6 is 12.4 Å². The monoisotopic (exact) mass is 296 g/mol. The Balaban J connectivity index is 0.000000490. The summed E-state index contributed by atoms with van der Waals surface area (Å²) in [5.74, 6) is 0. The Bertz CT molecular complexity index is 116. The van der Waals surface area contributed by atoms with Crippen molar-refractivity contribution in [1.82, 2.24) is 0 Å². The molecule has 0 spiro atoms. The summed E-state index contributed by atoms with van der Waals surface area (Å²) in [5, 5.41) is 0. The molecule has 2 heteroatoms. The van der Waals surface area contributed by atoms with E-state index in [0.717, 1.165) is 0 Å². The van der Waals surface area contributed by atoms with Crippen molar-refractivity contribution in [3.63, 3.8) is 0 Å². The van der Waals surface area contributed by atoms with E-state index in [1.165, 1.54) is 6.42 Å². The zero-order valence-electron chi connectivity index (χ0n) is 4.85. The van der Waals surface area contributed by atoms with E-state index in [4.69, 9.17) is 0 Å². The van der Waals surface area contributed by atoms with Crippen LogP contribution in [-0.4, -0.2) is 0 Å². The van der Waals surface area contributed by atoms with Gasteiger partial charge in [0.05, 0.1) is 0 Å². The summed E-state index contributed by atoms with van der Waals surface area (Å²) in [6.45, 7) is 0. The van der Waals surface area contributed by atoms with E-state index in [1.807, 2.05) is 0 Å². The first-order valence-corrected chi connectivity index (χ1v) is 7.86. The topological polar surface area (TPSA) is 0 Å². The van der Waals surface area contributed by atoms with E-state index in [0.29, 0.717) is 0 Å². The van der Waals surface area contributed by atoms with E-state index in [1.54, 1.807) is 3.33 Å². The molecular weight excluding hydrogens is 286 g/mol. The summed E-state index contributed by atoms with van der Waals surface area (Å²) in [5.41, 5.74) is 0. The van der Waals surface area contributed by atoms with E-state index < -0.39 is 0 Å². The fourth-order valence-electron chi connectivity index (χ4n) is 0.633. The molecule has 0 unspecified atom stereocenters. The van der Waals surface area contributed by atoms with Crippen LogP contribution < -0.4 is 0 Å². The molecular formula is C6H9ClHf. The van der Waals surface area contributed by atoms with E-state index in [-0.39, 0.29) is 35.3 Å². The predicted molar refractivity (Wildman–Crippen MR) is 35.0 cm³/mol. The molecule has 0 saturated carbocycles. The molecule has 0 nitrogen and oxygen atoms in total. The number of halogens is 1. The van der Waals surface area contributed by atoms with Gasteiger partial charge in [0.25, 0.3) is 0 Å². The molecule has 0 radical (unpaired) electrons. The van der Waals surface area contributed by atoms with Gasteiger partial charge >= 0.3 is 55.6 Å². The average Bonchev–Trinajstić information content (AvgIpc) is 2.14. The predicted octanol–water partition coefficient (Wildman–Crippen LogP) is 2.38. The number of hydrogen-bond donors (Lipinski definition) is 0. The molecule has 0 amide bonds. The van der Waals surface area contributed by atoms with Crippen molar-refractivity contribution in [2.75, 3.05) is 0 Å². The number of allylic oxidation sites excluding steroid dienone is 4. The molecule has 1 aliphatic carbocycles. The van der Waals surface area contributed by atoms with Gasteiger partial charge in [-0.3, -0.25) is 0 Å². The van der Waals surface area contributed by atoms with Crippen molar-refractivity contribution < 1.29 is 22.9 Å². The number of rotatable bonds is 1. The van der Waals surface area contributed by atoms with Crippen LogP contribution in [0.25, 0.3) is 0 Å². The maximum absolute atomic E-state index is 2.39. The molecule has 0 aromatic carbocycles. The summed E-state index contributed by atoms with van der Waals surface area (Å²) in [6.07, 6.45) is 7.97. The molecule has 0 N–H and O–H groups in total. The molecule has 0 heterocycles. The van der Waals surface area contributed by atoms with Gasteiger partial charge in [0.1, 0.15) is 0 Å². The van der Waals surface area contributed by atoms with Gasteiger partial charge in [0, 0.05) is 0 Å². The first kappa shape index (κ1) is 8.64. The van der Waals surface area contributed by atoms with E-state index in [2.05, 4.69) is 22.9 Å². The molecule has 0 bridgehead atoms. The Morgan fingerprint density at radius 2 is 2.38 bits per heavy atom. The van der Waals surface area contributed by atoms with Crippen LogP contribution in [-0.2, 0) is 22.9 Å². The normalized spacial score (nSPS) is 14.9. The zero-order valence-corrected chi connectivity index (χ0v) is 9.26. The van der Waals surface area contributed by atoms with E-state index in [9.17, 15) is 0 Å². The van der Waals surface area contributed by atoms with Crippen molar-refractivity contribution in [2.24, 2.45) is 0 Å². The third-order valence-electron chi connectivity index (χ3n) is 1.09. The Kier molecular flexibility index (Phi) is 4.87. The molecule has 0 aliphatic heterocycles. The SMILES string of the molecule is Cl.[CH3][Hf][C]1=CC=CC1. The van der Waals surface area contributed by atoms with Crippen molar-refractivity contribution >= 4 is 12.4 Å². The van der Waals surface area contributed by atoms with Crippen molar-refractivity contribution in [1.29, 1.82) is 0 Å². The standard InChI is InChI=1S/C5H5.CH3.ClH.Hf/c1-2-4-5-3-1;;;/h1-3H,4H2;1H3;1H;. The van der Waals surface area contributed by atoms with Crippen molar-refractivity contribution in [3.05, 3.63) is 21.6 Å². The summed E-state index contributed by atoms with van der Waals surface area (Å²) in [4.78, 5) is 0. The van der Waals surface area contributed by atoms with Gasteiger partial charge in [-0.2, -0.15) is 0 Å². The first-order chi connectivity index (χ1) is 3.43. The minimum absolute atomic E-state index is 0. The molecule has 0 fully saturated rings. The second kappa shape index (κ2) is 4.51. The van der Waals surface area contributed by atoms with Gasteiger partial charge in [0.2, 0.25) is 0 Å². The second-order valence-corrected chi connectivity index (χ2v) is 5.68. The van der Waals surface area contributed by atoms with Crippen LogP contribution in [0.15, 0.2) is 21.6 Å². The summed E-state index contributed by atoms with van der Waals surface area (Å²) >= 11 is -0.221. The summed E-state index contributed by atoms with van der Waals surface area (Å²) < 4.78 is 4.14. The first-order valence-electron chi connectivity index (χ1n) is 2.47. The van der Waals surface area contributed by atoms with Gasteiger partial charge in [-0.15, -0.1) is 12.4 Å².